The quantitative estimate of drug-likeness (QED) is 0.723. The number of methoxy groups -OCH3 is 3. The molecule has 0 spiro atoms. The summed E-state index contributed by atoms with van der Waals surface area (Å²) in [6.07, 6.45) is 2.71. The Morgan fingerprint density at radius 2 is 1.61 bits per heavy atom. The molecular weight excluding hydrogens is 352 g/mol. The van der Waals surface area contributed by atoms with E-state index < -0.39 is 6.10 Å². The van der Waals surface area contributed by atoms with Crippen LogP contribution in [-0.2, 0) is 6.42 Å². The highest BCUT2D eigenvalue weighted by atomic mass is 16.5. The van der Waals surface area contributed by atoms with E-state index in [4.69, 9.17) is 14.2 Å². The number of fused-ring (bicyclic) bond motifs is 2. The Morgan fingerprint density at radius 1 is 0.857 bits per heavy atom. The molecule has 0 saturated heterocycles. The zero-order valence-electron chi connectivity index (χ0n) is 16.4. The third-order valence-corrected chi connectivity index (χ3v) is 5.33. The Morgan fingerprint density at radius 3 is 2.32 bits per heavy atom. The van der Waals surface area contributed by atoms with Crippen LogP contribution < -0.4 is 14.2 Å². The number of benzene rings is 3. The van der Waals surface area contributed by atoms with Crippen LogP contribution >= 0.6 is 0 Å². The molecule has 1 unspecified atom stereocenters. The summed E-state index contributed by atoms with van der Waals surface area (Å²) in [5, 5.41) is 12.9. The molecule has 28 heavy (non-hydrogen) atoms. The second-order valence-electron chi connectivity index (χ2n) is 6.92. The lowest BCUT2D eigenvalue weighted by Crippen LogP contribution is -2.04. The zero-order chi connectivity index (χ0) is 19.7. The van der Waals surface area contributed by atoms with Crippen molar-refractivity contribution in [2.75, 3.05) is 21.3 Å². The number of rotatable bonds is 4. The minimum absolute atomic E-state index is 0.532. The Kier molecular flexibility index (Phi) is 4.97. The third kappa shape index (κ3) is 3.10. The van der Waals surface area contributed by atoms with E-state index in [1.54, 1.807) is 21.3 Å². The van der Waals surface area contributed by atoms with Crippen LogP contribution in [0, 0.1) is 0 Å². The van der Waals surface area contributed by atoms with Crippen LogP contribution in [0.2, 0.25) is 0 Å². The number of hydrogen-bond acceptors (Lipinski definition) is 4. The summed E-state index contributed by atoms with van der Waals surface area (Å²) in [5.41, 5.74) is 4.05. The van der Waals surface area contributed by atoms with Crippen LogP contribution in [-0.4, -0.2) is 32.5 Å². The first kappa shape index (κ1) is 18.4. The summed E-state index contributed by atoms with van der Waals surface area (Å²) in [4.78, 5) is 0. The number of hydrogen-bond donors (Lipinski definition) is 1. The first-order chi connectivity index (χ1) is 13.7. The number of aliphatic hydroxyl groups excluding tert-OH is 1. The third-order valence-electron chi connectivity index (χ3n) is 5.33. The van der Waals surface area contributed by atoms with Gasteiger partial charge in [0.2, 0.25) is 5.75 Å². The van der Waals surface area contributed by atoms with Crippen LogP contribution in [0.15, 0.2) is 54.6 Å². The van der Waals surface area contributed by atoms with Crippen LogP contribution in [0.25, 0.3) is 16.3 Å². The minimum atomic E-state index is -0.532. The van der Waals surface area contributed by atoms with Gasteiger partial charge in [-0.15, -0.1) is 0 Å². The van der Waals surface area contributed by atoms with Crippen molar-refractivity contribution in [1.82, 2.24) is 0 Å². The molecule has 1 N–H and O–H groups in total. The van der Waals surface area contributed by atoms with Crippen LogP contribution in [0.1, 0.15) is 23.1 Å². The first-order valence-corrected chi connectivity index (χ1v) is 9.37. The van der Waals surface area contributed by atoms with E-state index in [-0.39, 0.29) is 0 Å². The van der Waals surface area contributed by atoms with Gasteiger partial charge in [0.25, 0.3) is 0 Å². The van der Waals surface area contributed by atoms with E-state index in [9.17, 15) is 5.11 Å². The second-order valence-corrected chi connectivity index (χ2v) is 6.92. The molecule has 0 aliphatic heterocycles. The summed E-state index contributed by atoms with van der Waals surface area (Å²) in [7, 11) is 4.87. The lowest BCUT2D eigenvalue weighted by atomic mass is 9.91. The monoisotopic (exact) mass is 376 g/mol. The molecule has 4 rings (SSSR count). The van der Waals surface area contributed by atoms with Gasteiger partial charge in [-0.3, -0.25) is 0 Å². The summed E-state index contributed by atoms with van der Waals surface area (Å²) in [6, 6.07) is 16.6. The van der Waals surface area contributed by atoms with Crippen molar-refractivity contribution < 1.29 is 19.3 Å². The predicted octanol–water partition coefficient (Wildman–Crippen LogP) is 4.60. The van der Waals surface area contributed by atoms with E-state index in [0.717, 1.165) is 27.6 Å². The van der Waals surface area contributed by atoms with Crippen molar-refractivity contribution in [2.24, 2.45) is 0 Å². The summed E-state index contributed by atoms with van der Waals surface area (Å²) >= 11 is 0. The maximum absolute atomic E-state index is 10.5. The van der Waals surface area contributed by atoms with Crippen LogP contribution in [0.4, 0.5) is 0 Å². The van der Waals surface area contributed by atoms with E-state index in [0.29, 0.717) is 30.1 Å². The van der Waals surface area contributed by atoms with Gasteiger partial charge in [-0.2, -0.15) is 0 Å². The normalized spacial score (nSPS) is 16.1. The topological polar surface area (TPSA) is 47.9 Å². The maximum Gasteiger partial charge on any atom is 0.203 e. The Labute approximate surface area is 165 Å². The van der Waals surface area contributed by atoms with Gasteiger partial charge in [0.1, 0.15) is 0 Å². The van der Waals surface area contributed by atoms with Crippen molar-refractivity contribution in [1.29, 1.82) is 0 Å². The molecule has 0 heterocycles. The maximum atomic E-state index is 10.5. The molecule has 0 radical (unpaired) electrons. The molecule has 0 fully saturated rings. The molecule has 1 atom stereocenters. The van der Waals surface area contributed by atoms with Crippen molar-refractivity contribution in [3.8, 4) is 17.2 Å². The van der Waals surface area contributed by atoms with Crippen LogP contribution in [0.5, 0.6) is 17.2 Å². The van der Waals surface area contributed by atoms with Crippen molar-refractivity contribution in [2.45, 2.75) is 18.9 Å². The van der Waals surface area contributed by atoms with E-state index in [1.165, 1.54) is 5.39 Å². The van der Waals surface area contributed by atoms with Gasteiger partial charge in [0.15, 0.2) is 11.5 Å². The van der Waals surface area contributed by atoms with Crippen molar-refractivity contribution >= 4 is 16.3 Å². The van der Waals surface area contributed by atoms with Gasteiger partial charge in [-0.25, -0.2) is 0 Å². The highest BCUT2D eigenvalue weighted by molar-refractivity contribution is 5.91. The average Bonchev–Trinajstić information content (AvgIpc) is 2.90. The molecule has 3 aromatic carbocycles. The molecule has 0 saturated carbocycles. The van der Waals surface area contributed by atoms with Crippen molar-refractivity contribution in [3.63, 3.8) is 0 Å². The second kappa shape index (κ2) is 7.56. The molecule has 3 aromatic rings. The molecule has 4 heteroatoms. The van der Waals surface area contributed by atoms with Gasteiger partial charge in [-0.1, -0.05) is 36.4 Å². The van der Waals surface area contributed by atoms with Gasteiger partial charge in [0, 0.05) is 5.56 Å². The molecule has 0 bridgehead atoms. The molecule has 4 nitrogen and oxygen atoms in total. The van der Waals surface area contributed by atoms with Gasteiger partial charge >= 0.3 is 0 Å². The highest BCUT2D eigenvalue weighted by Gasteiger charge is 2.26. The van der Waals surface area contributed by atoms with Crippen molar-refractivity contribution in [3.05, 3.63) is 71.3 Å². The van der Waals surface area contributed by atoms with Gasteiger partial charge in [-0.05, 0) is 58.5 Å². The smallest absolute Gasteiger partial charge is 0.203 e. The zero-order valence-corrected chi connectivity index (χ0v) is 16.4. The standard InChI is InChI=1S/C24H24O4/c1-26-22-14-21-19(23(27-2)24(22)28-3)11-10-18(25)13-20(21)17-9-8-15-6-4-5-7-16(15)12-17/h4-9,12-14,18,25H,10-11H2,1-3H3. The Bertz CT molecular complexity index is 1050. The first-order valence-electron chi connectivity index (χ1n) is 9.37. The Balaban J connectivity index is 1.97. The lowest BCUT2D eigenvalue weighted by Gasteiger charge is -2.20. The largest absolute Gasteiger partial charge is 0.493 e. The highest BCUT2D eigenvalue weighted by Crippen LogP contribution is 2.46. The van der Waals surface area contributed by atoms with E-state index >= 15 is 0 Å². The summed E-state index contributed by atoms with van der Waals surface area (Å²) in [6.45, 7) is 0. The SMILES string of the molecule is COc1cc2c(c(OC)c1OC)CCC(O)C=C2c1ccc2ccccc2c1. The van der Waals surface area contributed by atoms with E-state index in [2.05, 4.69) is 30.3 Å². The van der Waals surface area contributed by atoms with Gasteiger partial charge in [0.05, 0.1) is 27.4 Å². The fraction of sp³-hybridized carbons (Fsp3) is 0.250. The minimum Gasteiger partial charge on any atom is -0.493 e. The number of aliphatic hydroxyl groups is 1. The summed E-state index contributed by atoms with van der Waals surface area (Å²) < 4.78 is 16.8. The molecule has 144 valence electrons. The summed E-state index contributed by atoms with van der Waals surface area (Å²) in [5.74, 6) is 1.86. The Hall–Kier alpha value is -2.98. The fourth-order valence-electron chi connectivity index (χ4n) is 3.97. The van der Waals surface area contributed by atoms with Gasteiger partial charge < -0.3 is 19.3 Å². The molecular formula is C24H24O4. The predicted molar refractivity (Wildman–Crippen MR) is 111 cm³/mol. The average molecular weight is 376 g/mol. The number of ether oxygens (including phenoxy) is 3. The molecule has 0 aromatic heterocycles. The molecule has 1 aliphatic rings. The van der Waals surface area contributed by atoms with Crippen LogP contribution in [0.3, 0.4) is 0 Å². The van der Waals surface area contributed by atoms with E-state index in [1.807, 2.05) is 24.3 Å². The fourth-order valence-corrected chi connectivity index (χ4v) is 3.97. The lowest BCUT2D eigenvalue weighted by molar-refractivity contribution is 0.214. The molecule has 1 aliphatic carbocycles. The molecule has 0 amide bonds.